The first-order valence-corrected chi connectivity index (χ1v) is 7.79. The molecule has 5 heteroatoms. The molecule has 4 rings (SSSR count). The number of hydrogen-bond donors (Lipinski definition) is 1. The van der Waals surface area contributed by atoms with E-state index in [0.717, 1.165) is 34.4 Å². The highest BCUT2D eigenvalue weighted by atomic mass is 32.1. The van der Waals surface area contributed by atoms with Gasteiger partial charge in [0.05, 0.1) is 28.8 Å². The molecule has 1 aromatic carbocycles. The zero-order valence-electron chi connectivity index (χ0n) is 11.3. The lowest BCUT2D eigenvalue weighted by Gasteiger charge is -2.03. The fraction of sp³-hybridized carbons (Fsp3) is 0.250. The lowest BCUT2D eigenvalue weighted by molar-refractivity contribution is 0.0948. The summed E-state index contributed by atoms with van der Waals surface area (Å²) in [7, 11) is 0. The van der Waals surface area contributed by atoms with Crippen LogP contribution in [0.3, 0.4) is 0 Å². The van der Waals surface area contributed by atoms with Gasteiger partial charge in [-0.2, -0.15) is 4.37 Å². The fourth-order valence-electron chi connectivity index (χ4n) is 2.50. The third-order valence-corrected chi connectivity index (χ3v) is 4.62. The highest BCUT2D eigenvalue weighted by molar-refractivity contribution is 7.13. The number of amides is 1. The Labute approximate surface area is 125 Å². The number of carbonyl (C=O) groups is 1. The Balaban J connectivity index is 1.51. The van der Waals surface area contributed by atoms with Crippen molar-refractivity contribution >= 4 is 27.5 Å². The van der Waals surface area contributed by atoms with Crippen LogP contribution in [0.4, 0.5) is 0 Å². The van der Waals surface area contributed by atoms with Crippen molar-refractivity contribution in [3.8, 4) is 0 Å². The van der Waals surface area contributed by atoms with Crippen LogP contribution in [0.2, 0.25) is 0 Å². The van der Waals surface area contributed by atoms with Crippen molar-refractivity contribution < 1.29 is 9.21 Å². The maximum Gasteiger partial charge on any atom is 0.255 e. The first kappa shape index (κ1) is 12.6. The zero-order valence-corrected chi connectivity index (χ0v) is 12.2. The largest absolute Gasteiger partial charge is 0.468 e. The molecule has 0 bridgehead atoms. The lowest BCUT2D eigenvalue weighted by atomic mass is 10.1. The van der Waals surface area contributed by atoms with Gasteiger partial charge in [0.1, 0.15) is 5.76 Å². The second kappa shape index (κ2) is 5.00. The topological polar surface area (TPSA) is 55.1 Å². The summed E-state index contributed by atoms with van der Waals surface area (Å²) in [5.41, 5.74) is 1.58. The molecule has 1 fully saturated rings. The Morgan fingerprint density at radius 3 is 3.05 bits per heavy atom. The Morgan fingerprint density at radius 1 is 1.33 bits per heavy atom. The standard InChI is InChI=1S/C16H14N2O2S/c19-16(12-7-8-20-15(12)10-5-6-10)17-9-13-11-3-1-2-4-14(11)21-18-13/h1-4,7-8,10H,5-6,9H2,(H,17,19). The maximum absolute atomic E-state index is 12.3. The summed E-state index contributed by atoms with van der Waals surface area (Å²) in [6, 6.07) is 9.81. The smallest absolute Gasteiger partial charge is 0.255 e. The molecule has 2 heterocycles. The van der Waals surface area contributed by atoms with E-state index in [1.54, 1.807) is 12.3 Å². The molecule has 21 heavy (non-hydrogen) atoms. The fourth-order valence-corrected chi connectivity index (χ4v) is 3.29. The van der Waals surface area contributed by atoms with Gasteiger partial charge in [-0.15, -0.1) is 0 Å². The minimum atomic E-state index is -0.0808. The van der Waals surface area contributed by atoms with E-state index in [-0.39, 0.29) is 5.91 Å². The number of benzene rings is 1. The number of aromatic nitrogens is 1. The first-order chi connectivity index (χ1) is 10.3. The molecular formula is C16H14N2O2S. The van der Waals surface area contributed by atoms with Crippen LogP contribution in [-0.4, -0.2) is 10.3 Å². The molecule has 0 spiro atoms. The Bertz CT molecular complexity index is 801. The van der Waals surface area contributed by atoms with Gasteiger partial charge in [-0.05, 0) is 36.5 Å². The first-order valence-electron chi connectivity index (χ1n) is 7.02. The number of nitrogens with one attached hydrogen (secondary N) is 1. The number of carbonyl (C=O) groups excluding carboxylic acids is 1. The Hall–Kier alpha value is -2.14. The Kier molecular flexibility index (Phi) is 3.00. The van der Waals surface area contributed by atoms with E-state index in [0.29, 0.717) is 18.0 Å². The Morgan fingerprint density at radius 2 is 2.19 bits per heavy atom. The number of nitrogens with zero attached hydrogens (tertiary/aromatic N) is 1. The summed E-state index contributed by atoms with van der Waals surface area (Å²) in [4.78, 5) is 12.3. The van der Waals surface area contributed by atoms with Crippen molar-refractivity contribution in [2.75, 3.05) is 0 Å². The van der Waals surface area contributed by atoms with Crippen LogP contribution < -0.4 is 5.32 Å². The summed E-state index contributed by atoms with van der Waals surface area (Å²) in [5.74, 6) is 1.18. The molecule has 4 nitrogen and oxygen atoms in total. The van der Waals surface area contributed by atoms with E-state index >= 15 is 0 Å². The van der Waals surface area contributed by atoms with Crippen molar-refractivity contribution in [1.82, 2.24) is 9.69 Å². The molecular weight excluding hydrogens is 284 g/mol. The molecule has 2 aromatic heterocycles. The average molecular weight is 298 g/mol. The van der Waals surface area contributed by atoms with Crippen LogP contribution in [0, 0.1) is 0 Å². The van der Waals surface area contributed by atoms with E-state index in [9.17, 15) is 4.79 Å². The van der Waals surface area contributed by atoms with Crippen LogP contribution in [0.15, 0.2) is 41.0 Å². The van der Waals surface area contributed by atoms with Crippen LogP contribution >= 0.6 is 11.5 Å². The minimum Gasteiger partial charge on any atom is -0.468 e. The predicted molar refractivity (Wildman–Crippen MR) is 81.5 cm³/mol. The van der Waals surface area contributed by atoms with Crippen LogP contribution in [0.5, 0.6) is 0 Å². The average Bonchev–Trinajstić information content (AvgIpc) is 3.10. The highest BCUT2D eigenvalue weighted by Crippen LogP contribution is 2.42. The number of furan rings is 1. The normalized spacial score (nSPS) is 14.5. The molecule has 0 aliphatic heterocycles. The predicted octanol–water partition coefficient (Wildman–Crippen LogP) is 3.70. The number of hydrogen-bond acceptors (Lipinski definition) is 4. The third kappa shape index (κ3) is 2.34. The van der Waals surface area contributed by atoms with Crippen molar-refractivity contribution in [3.05, 3.63) is 53.6 Å². The van der Waals surface area contributed by atoms with E-state index in [2.05, 4.69) is 9.69 Å². The van der Waals surface area contributed by atoms with Crippen molar-refractivity contribution in [2.24, 2.45) is 0 Å². The molecule has 0 radical (unpaired) electrons. The molecule has 1 N–H and O–H groups in total. The van der Waals surface area contributed by atoms with E-state index in [1.165, 1.54) is 11.5 Å². The second-order valence-electron chi connectivity index (χ2n) is 5.28. The van der Waals surface area contributed by atoms with Gasteiger partial charge in [0.25, 0.3) is 5.91 Å². The molecule has 0 unspecified atom stereocenters. The monoisotopic (exact) mass is 298 g/mol. The van der Waals surface area contributed by atoms with Gasteiger partial charge < -0.3 is 9.73 Å². The van der Waals surface area contributed by atoms with E-state index in [4.69, 9.17) is 4.42 Å². The molecule has 106 valence electrons. The summed E-state index contributed by atoms with van der Waals surface area (Å²) >= 11 is 1.46. The van der Waals surface area contributed by atoms with E-state index < -0.39 is 0 Å². The quantitative estimate of drug-likeness (QED) is 0.799. The number of rotatable bonds is 4. The van der Waals surface area contributed by atoms with Crippen LogP contribution in [0.1, 0.15) is 40.6 Å². The van der Waals surface area contributed by atoms with Crippen LogP contribution in [-0.2, 0) is 6.54 Å². The van der Waals surface area contributed by atoms with Crippen molar-refractivity contribution in [3.63, 3.8) is 0 Å². The third-order valence-electron chi connectivity index (χ3n) is 3.76. The molecule has 0 saturated heterocycles. The summed E-state index contributed by atoms with van der Waals surface area (Å²) in [6.45, 7) is 0.443. The molecule has 3 aromatic rings. The summed E-state index contributed by atoms with van der Waals surface area (Å²) in [5, 5.41) is 4.06. The maximum atomic E-state index is 12.3. The number of fused-ring (bicyclic) bond motifs is 1. The zero-order chi connectivity index (χ0) is 14.2. The van der Waals surface area contributed by atoms with Gasteiger partial charge in [-0.3, -0.25) is 4.79 Å². The summed E-state index contributed by atoms with van der Waals surface area (Å²) < 4.78 is 11.0. The molecule has 1 saturated carbocycles. The van der Waals surface area contributed by atoms with Gasteiger partial charge in [0.2, 0.25) is 0 Å². The molecule has 1 amide bonds. The van der Waals surface area contributed by atoms with Gasteiger partial charge in [0, 0.05) is 11.3 Å². The van der Waals surface area contributed by atoms with Gasteiger partial charge in [0.15, 0.2) is 0 Å². The molecule has 0 atom stereocenters. The molecule has 1 aliphatic rings. The second-order valence-corrected chi connectivity index (χ2v) is 6.09. The summed E-state index contributed by atoms with van der Waals surface area (Å²) in [6.07, 6.45) is 3.83. The van der Waals surface area contributed by atoms with Crippen LogP contribution in [0.25, 0.3) is 10.1 Å². The van der Waals surface area contributed by atoms with Crippen molar-refractivity contribution in [1.29, 1.82) is 0 Å². The SMILES string of the molecule is O=C(NCc1nsc2ccccc12)c1ccoc1C1CC1. The highest BCUT2D eigenvalue weighted by Gasteiger charge is 2.31. The lowest BCUT2D eigenvalue weighted by Crippen LogP contribution is -2.23. The molecule has 1 aliphatic carbocycles. The minimum absolute atomic E-state index is 0.0808. The van der Waals surface area contributed by atoms with E-state index in [1.807, 2.05) is 24.3 Å². The van der Waals surface area contributed by atoms with Gasteiger partial charge in [-0.25, -0.2) is 0 Å². The van der Waals surface area contributed by atoms with Crippen molar-refractivity contribution in [2.45, 2.75) is 25.3 Å². The van der Waals surface area contributed by atoms with Gasteiger partial charge in [-0.1, -0.05) is 18.2 Å². The van der Waals surface area contributed by atoms with Gasteiger partial charge >= 0.3 is 0 Å².